The molecule has 1 fully saturated rings. The van der Waals surface area contributed by atoms with Crippen molar-refractivity contribution in [2.45, 2.75) is 32.4 Å². The van der Waals surface area contributed by atoms with Gasteiger partial charge in [-0.25, -0.2) is 4.98 Å². The average molecular weight is 249 g/mol. The van der Waals surface area contributed by atoms with Gasteiger partial charge in [-0.3, -0.25) is 4.90 Å². The van der Waals surface area contributed by atoms with Gasteiger partial charge < -0.3 is 10.1 Å². The number of nitrogens with zero attached hydrogens (tertiary/aromatic N) is 2. The third-order valence-electron chi connectivity index (χ3n) is 3.38. The molecule has 4 nitrogen and oxygen atoms in total. The first-order valence-electron chi connectivity index (χ1n) is 6.77. The molecule has 1 aliphatic carbocycles. The maximum Gasteiger partial charge on any atom is 0.212 e. The minimum Gasteiger partial charge on any atom is -0.481 e. The van der Waals surface area contributed by atoms with Crippen LogP contribution in [-0.2, 0) is 6.54 Å². The van der Waals surface area contributed by atoms with Crippen LogP contribution < -0.4 is 10.1 Å². The van der Waals surface area contributed by atoms with Crippen LogP contribution in [0, 0.1) is 0 Å². The topological polar surface area (TPSA) is 37.4 Å². The van der Waals surface area contributed by atoms with Crippen molar-refractivity contribution in [1.29, 1.82) is 0 Å². The largest absolute Gasteiger partial charge is 0.481 e. The first kappa shape index (κ1) is 13.3. The normalized spacial score (nSPS) is 15.1. The van der Waals surface area contributed by atoms with E-state index in [2.05, 4.69) is 28.2 Å². The highest BCUT2D eigenvalue weighted by molar-refractivity contribution is 5.17. The Kier molecular flexibility index (Phi) is 4.96. The minimum atomic E-state index is 0.671. The first-order chi connectivity index (χ1) is 8.83. The van der Waals surface area contributed by atoms with Crippen molar-refractivity contribution >= 4 is 0 Å². The van der Waals surface area contributed by atoms with Gasteiger partial charge >= 0.3 is 0 Å². The van der Waals surface area contributed by atoms with Crippen molar-refractivity contribution in [2.24, 2.45) is 0 Å². The Balaban J connectivity index is 1.64. The Morgan fingerprint density at radius 3 is 2.83 bits per heavy atom. The van der Waals surface area contributed by atoms with Crippen LogP contribution in [0.3, 0.4) is 0 Å². The molecule has 0 aromatic carbocycles. The van der Waals surface area contributed by atoms with Gasteiger partial charge in [-0.15, -0.1) is 0 Å². The van der Waals surface area contributed by atoms with Gasteiger partial charge in [-0.1, -0.05) is 13.0 Å². The lowest BCUT2D eigenvalue weighted by molar-refractivity contribution is 0.277. The summed E-state index contributed by atoms with van der Waals surface area (Å²) in [5, 5.41) is 3.46. The molecule has 0 bridgehead atoms. The van der Waals surface area contributed by atoms with E-state index in [0.29, 0.717) is 5.88 Å². The molecular formula is C14H23N3O. The predicted octanol–water partition coefficient (Wildman–Crippen LogP) is 1.66. The second-order valence-corrected chi connectivity index (χ2v) is 4.75. The zero-order chi connectivity index (χ0) is 12.8. The van der Waals surface area contributed by atoms with E-state index in [-0.39, 0.29) is 0 Å². The predicted molar refractivity (Wildman–Crippen MR) is 72.8 cm³/mol. The average Bonchev–Trinajstić information content (AvgIpc) is 3.24. The summed E-state index contributed by atoms with van der Waals surface area (Å²) in [5.41, 5.74) is 1.20. The summed E-state index contributed by atoms with van der Waals surface area (Å²) in [6, 6.07) is 4.82. The molecule has 0 unspecified atom stereocenters. The van der Waals surface area contributed by atoms with E-state index in [1.807, 2.05) is 12.3 Å². The van der Waals surface area contributed by atoms with E-state index in [1.165, 1.54) is 18.4 Å². The molecular weight excluding hydrogens is 226 g/mol. The smallest absolute Gasteiger partial charge is 0.212 e. The monoisotopic (exact) mass is 249 g/mol. The number of hydrogen-bond acceptors (Lipinski definition) is 4. The summed E-state index contributed by atoms with van der Waals surface area (Å²) in [6.07, 6.45) is 4.64. The number of nitrogens with one attached hydrogen (secondary N) is 1. The fourth-order valence-corrected chi connectivity index (χ4v) is 2.13. The molecule has 1 aromatic rings. The number of likely N-dealkylation sites (N-methyl/N-ethyl adjacent to an activating group) is 1. The highest BCUT2D eigenvalue weighted by atomic mass is 16.5. The standard InChI is InChI=1S/C14H23N3O/c1-3-17(13-5-6-13)9-8-15-10-12-4-7-14(18-2)16-11-12/h4,7,11,13,15H,3,5-6,8-10H2,1-2H3. The van der Waals surface area contributed by atoms with E-state index in [4.69, 9.17) is 4.74 Å². The van der Waals surface area contributed by atoms with E-state index >= 15 is 0 Å². The van der Waals surface area contributed by atoms with Gasteiger partial charge in [-0.2, -0.15) is 0 Å². The second-order valence-electron chi connectivity index (χ2n) is 4.75. The Bertz CT molecular complexity index is 349. The molecule has 0 amide bonds. The van der Waals surface area contributed by atoms with Crippen LogP contribution in [-0.4, -0.2) is 42.7 Å². The van der Waals surface area contributed by atoms with Gasteiger partial charge in [-0.05, 0) is 24.9 Å². The molecule has 1 saturated carbocycles. The Morgan fingerprint density at radius 2 is 2.28 bits per heavy atom. The van der Waals surface area contributed by atoms with Gasteiger partial charge in [0.25, 0.3) is 0 Å². The van der Waals surface area contributed by atoms with Gasteiger partial charge in [0.15, 0.2) is 0 Å². The van der Waals surface area contributed by atoms with Crippen LogP contribution in [0.15, 0.2) is 18.3 Å². The maximum atomic E-state index is 5.04. The number of hydrogen-bond donors (Lipinski definition) is 1. The van der Waals surface area contributed by atoms with Crippen molar-refractivity contribution in [3.05, 3.63) is 23.9 Å². The SMILES string of the molecule is CCN(CCNCc1ccc(OC)nc1)C1CC1. The highest BCUT2D eigenvalue weighted by Crippen LogP contribution is 2.25. The summed E-state index contributed by atoms with van der Waals surface area (Å²) in [4.78, 5) is 6.75. The summed E-state index contributed by atoms with van der Waals surface area (Å²) in [6.45, 7) is 6.46. The fourth-order valence-electron chi connectivity index (χ4n) is 2.13. The number of aromatic nitrogens is 1. The number of pyridine rings is 1. The van der Waals surface area contributed by atoms with E-state index < -0.39 is 0 Å². The number of methoxy groups -OCH3 is 1. The van der Waals surface area contributed by atoms with E-state index in [0.717, 1.165) is 32.2 Å². The zero-order valence-electron chi connectivity index (χ0n) is 11.4. The Labute approximate surface area is 109 Å². The van der Waals surface area contributed by atoms with Gasteiger partial charge in [0, 0.05) is 37.9 Å². The molecule has 0 radical (unpaired) electrons. The van der Waals surface area contributed by atoms with Crippen LogP contribution in [0.4, 0.5) is 0 Å². The van der Waals surface area contributed by atoms with Crippen molar-refractivity contribution in [2.75, 3.05) is 26.7 Å². The molecule has 1 N–H and O–H groups in total. The molecule has 4 heteroatoms. The van der Waals surface area contributed by atoms with Crippen LogP contribution in [0.25, 0.3) is 0 Å². The fraction of sp³-hybridized carbons (Fsp3) is 0.643. The minimum absolute atomic E-state index is 0.671. The van der Waals surface area contributed by atoms with Crippen molar-refractivity contribution in [3.8, 4) is 5.88 Å². The maximum absolute atomic E-state index is 5.04. The third-order valence-corrected chi connectivity index (χ3v) is 3.38. The zero-order valence-corrected chi connectivity index (χ0v) is 11.4. The lowest BCUT2D eigenvalue weighted by Crippen LogP contribution is -2.33. The van der Waals surface area contributed by atoms with Crippen molar-refractivity contribution < 1.29 is 4.74 Å². The molecule has 0 aliphatic heterocycles. The van der Waals surface area contributed by atoms with Crippen LogP contribution in [0.5, 0.6) is 5.88 Å². The van der Waals surface area contributed by atoms with Gasteiger partial charge in [0.2, 0.25) is 5.88 Å². The van der Waals surface area contributed by atoms with Gasteiger partial charge in [0.1, 0.15) is 0 Å². The molecule has 1 aromatic heterocycles. The second kappa shape index (κ2) is 6.71. The van der Waals surface area contributed by atoms with Crippen LogP contribution >= 0.6 is 0 Å². The lowest BCUT2D eigenvalue weighted by atomic mass is 10.3. The first-order valence-corrected chi connectivity index (χ1v) is 6.77. The number of ether oxygens (including phenoxy) is 1. The van der Waals surface area contributed by atoms with Crippen LogP contribution in [0.1, 0.15) is 25.3 Å². The lowest BCUT2D eigenvalue weighted by Gasteiger charge is -2.19. The molecule has 18 heavy (non-hydrogen) atoms. The molecule has 100 valence electrons. The summed E-state index contributed by atoms with van der Waals surface area (Å²) < 4.78 is 5.04. The highest BCUT2D eigenvalue weighted by Gasteiger charge is 2.26. The Morgan fingerprint density at radius 1 is 1.44 bits per heavy atom. The van der Waals surface area contributed by atoms with Crippen molar-refractivity contribution in [3.63, 3.8) is 0 Å². The molecule has 0 atom stereocenters. The van der Waals surface area contributed by atoms with Gasteiger partial charge in [0.05, 0.1) is 7.11 Å². The van der Waals surface area contributed by atoms with E-state index in [9.17, 15) is 0 Å². The third kappa shape index (κ3) is 3.96. The molecule has 0 spiro atoms. The molecule has 1 heterocycles. The number of rotatable bonds is 8. The quantitative estimate of drug-likeness (QED) is 0.711. The Hall–Kier alpha value is -1.13. The van der Waals surface area contributed by atoms with Crippen molar-refractivity contribution in [1.82, 2.24) is 15.2 Å². The molecule has 2 rings (SSSR count). The summed E-state index contributed by atoms with van der Waals surface area (Å²) in [7, 11) is 1.64. The van der Waals surface area contributed by atoms with E-state index in [1.54, 1.807) is 7.11 Å². The molecule has 0 saturated heterocycles. The summed E-state index contributed by atoms with van der Waals surface area (Å²) in [5.74, 6) is 0.671. The molecule has 1 aliphatic rings. The summed E-state index contributed by atoms with van der Waals surface area (Å²) >= 11 is 0. The van der Waals surface area contributed by atoms with Crippen LogP contribution in [0.2, 0.25) is 0 Å².